The Balaban J connectivity index is 1.58. The summed E-state index contributed by atoms with van der Waals surface area (Å²) < 4.78 is 34.3. The molecule has 0 spiro atoms. The summed E-state index contributed by atoms with van der Waals surface area (Å²) in [5.41, 5.74) is 4.62. The van der Waals surface area contributed by atoms with Crippen LogP contribution in [0.2, 0.25) is 0 Å². The van der Waals surface area contributed by atoms with Gasteiger partial charge in [0.2, 0.25) is 5.91 Å². The molecule has 8 heteroatoms. The minimum absolute atomic E-state index is 0.0887. The highest BCUT2D eigenvalue weighted by atomic mass is 19.1. The van der Waals surface area contributed by atoms with Crippen molar-refractivity contribution in [3.63, 3.8) is 0 Å². The number of aryl methyl sites for hydroxylation is 2. The average Bonchev–Trinajstić information content (AvgIpc) is 3.20. The van der Waals surface area contributed by atoms with E-state index in [9.17, 15) is 13.6 Å². The summed E-state index contributed by atoms with van der Waals surface area (Å²) in [5.74, 6) is -1.00. The molecule has 0 aliphatic carbocycles. The number of hydrogen-bond donors (Lipinski definition) is 1. The van der Waals surface area contributed by atoms with Crippen LogP contribution in [0.25, 0.3) is 16.9 Å². The fourth-order valence-corrected chi connectivity index (χ4v) is 3.72. The van der Waals surface area contributed by atoms with Gasteiger partial charge in [0.15, 0.2) is 5.65 Å². The van der Waals surface area contributed by atoms with Gasteiger partial charge in [-0.05, 0) is 50.1 Å². The van der Waals surface area contributed by atoms with Gasteiger partial charge in [-0.15, -0.1) is 0 Å². The van der Waals surface area contributed by atoms with E-state index in [0.717, 1.165) is 46.4 Å². The Morgan fingerprint density at radius 3 is 2.69 bits per heavy atom. The topological polar surface area (TPSA) is 68.5 Å². The smallest absolute Gasteiger partial charge is 0.224 e. The molecule has 2 aromatic carbocycles. The molecule has 2 heterocycles. The summed E-state index contributed by atoms with van der Waals surface area (Å²) in [6.07, 6.45) is 0.471. The number of hydrogen-bond acceptors (Lipinski definition) is 4. The lowest BCUT2D eigenvalue weighted by Gasteiger charge is -2.11. The van der Waals surface area contributed by atoms with Crippen molar-refractivity contribution in [1.29, 1.82) is 0 Å². The molecule has 4 aromatic rings. The van der Waals surface area contributed by atoms with E-state index in [2.05, 4.69) is 10.3 Å². The Bertz CT molecular complexity index is 1320. The number of carbonyl (C=O) groups excluding carboxylic acids is 1. The molecule has 0 fully saturated rings. The van der Waals surface area contributed by atoms with Gasteiger partial charge < -0.3 is 10.1 Å². The minimum Gasteiger partial charge on any atom is -0.496 e. The summed E-state index contributed by atoms with van der Waals surface area (Å²) >= 11 is 0. The molecule has 0 saturated heterocycles. The number of rotatable bonds is 6. The first kappa shape index (κ1) is 21.4. The molecule has 1 N–H and O–H groups in total. The van der Waals surface area contributed by atoms with E-state index in [1.165, 1.54) is 0 Å². The maximum absolute atomic E-state index is 13.8. The fourth-order valence-electron chi connectivity index (χ4n) is 3.72. The lowest BCUT2D eigenvalue weighted by molar-refractivity contribution is -0.116. The Morgan fingerprint density at radius 1 is 1.12 bits per heavy atom. The molecule has 6 nitrogen and oxygen atoms in total. The van der Waals surface area contributed by atoms with Crippen LogP contribution in [-0.2, 0) is 11.2 Å². The third-order valence-corrected chi connectivity index (χ3v) is 5.35. The zero-order chi connectivity index (χ0) is 22.8. The zero-order valence-electron chi connectivity index (χ0n) is 17.9. The van der Waals surface area contributed by atoms with Crippen LogP contribution in [0.4, 0.5) is 14.5 Å². The third-order valence-electron chi connectivity index (χ3n) is 5.35. The van der Waals surface area contributed by atoms with Crippen molar-refractivity contribution in [2.24, 2.45) is 0 Å². The number of nitrogens with one attached hydrogen (secondary N) is 1. The van der Waals surface area contributed by atoms with Crippen molar-refractivity contribution < 1.29 is 18.3 Å². The number of carbonyl (C=O) groups is 1. The van der Waals surface area contributed by atoms with Crippen molar-refractivity contribution in [2.75, 3.05) is 12.4 Å². The lowest BCUT2D eigenvalue weighted by Crippen LogP contribution is -2.15. The van der Waals surface area contributed by atoms with Crippen LogP contribution < -0.4 is 10.1 Å². The number of aromatic nitrogens is 3. The van der Waals surface area contributed by atoms with E-state index in [1.807, 2.05) is 44.2 Å². The first-order valence-corrected chi connectivity index (χ1v) is 10.1. The predicted molar refractivity (Wildman–Crippen MR) is 118 cm³/mol. The second-order valence-corrected chi connectivity index (χ2v) is 7.43. The molecule has 0 bridgehead atoms. The van der Waals surface area contributed by atoms with E-state index in [4.69, 9.17) is 9.84 Å². The van der Waals surface area contributed by atoms with Crippen LogP contribution in [0.1, 0.15) is 23.4 Å². The highest BCUT2D eigenvalue weighted by Gasteiger charge is 2.16. The monoisotopic (exact) mass is 436 g/mol. The first-order chi connectivity index (χ1) is 15.4. The van der Waals surface area contributed by atoms with E-state index in [-0.39, 0.29) is 12.1 Å². The van der Waals surface area contributed by atoms with E-state index in [0.29, 0.717) is 17.8 Å². The number of nitrogens with zero attached hydrogens (tertiary/aromatic N) is 3. The number of methoxy groups -OCH3 is 1. The maximum atomic E-state index is 13.8. The van der Waals surface area contributed by atoms with E-state index in [1.54, 1.807) is 11.6 Å². The highest BCUT2D eigenvalue weighted by molar-refractivity contribution is 5.91. The van der Waals surface area contributed by atoms with Crippen molar-refractivity contribution in [3.8, 4) is 17.0 Å². The van der Waals surface area contributed by atoms with Crippen molar-refractivity contribution >= 4 is 17.2 Å². The molecule has 0 aliphatic rings. The minimum atomic E-state index is -0.685. The molecule has 4 rings (SSSR count). The van der Waals surface area contributed by atoms with Gasteiger partial charge in [0, 0.05) is 35.5 Å². The van der Waals surface area contributed by atoms with Crippen LogP contribution in [0.5, 0.6) is 5.75 Å². The van der Waals surface area contributed by atoms with Crippen LogP contribution in [0.3, 0.4) is 0 Å². The Hall–Kier alpha value is -3.81. The quantitative estimate of drug-likeness (QED) is 0.468. The summed E-state index contributed by atoms with van der Waals surface area (Å²) in [4.78, 5) is 17.0. The lowest BCUT2D eigenvalue weighted by atomic mass is 10.1. The maximum Gasteiger partial charge on any atom is 0.224 e. The second-order valence-electron chi connectivity index (χ2n) is 7.43. The Labute approximate surface area is 183 Å². The number of para-hydroxylation sites is 1. The molecule has 2 aromatic heterocycles. The number of fused-ring (bicyclic) bond motifs is 1. The number of halogens is 2. The predicted octanol–water partition coefficient (Wildman–Crippen LogP) is 4.87. The summed E-state index contributed by atoms with van der Waals surface area (Å²) in [7, 11) is 1.61. The van der Waals surface area contributed by atoms with Crippen LogP contribution >= 0.6 is 0 Å². The van der Waals surface area contributed by atoms with Gasteiger partial charge in [-0.1, -0.05) is 12.1 Å². The van der Waals surface area contributed by atoms with Gasteiger partial charge in [0.1, 0.15) is 17.4 Å². The SMILES string of the molecule is COc1ccccc1-c1cc2nc(C)c(CCC(=O)Nc3cc(F)ccc3F)c(C)n2n1. The molecule has 0 atom stereocenters. The average molecular weight is 436 g/mol. The molecule has 32 heavy (non-hydrogen) atoms. The van der Waals surface area contributed by atoms with Gasteiger partial charge in [0.05, 0.1) is 18.5 Å². The molecular weight excluding hydrogens is 414 g/mol. The van der Waals surface area contributed by atoms with Gasteiger partial charge in [-0.25, -0.2) is 18.3 Å². The number of benzene rings is 2. The molecule has 0 radical (unpaired) electrons. The summed E-state index contributed by atoms with van der Waals surface area (Å²) in [5, 5.41) is 7.12. The molecule has 0 unspecified atom stereocenters. The second kappa shape index (κ2) is 8.74. The van der Waals surface area contributed by atoms with Crippen molar-refractivity contribution in [3.05, 3.63) is 77.1 Å². The molecule has 0 saturated carbocycles. The van der Waals surface area contributed by atoms with Crippen molar-refractivity contribution in [2.45, 2.75) is 26.7 Å². The number of ether oxygens (including phenoxy) is 1. The van der Waals surface area contributed by atoms with Crippen LogP contribution in [-0.4, -0.2) is 27.6 Å². The zero-order valence-corrected chi connectivity index (χ0v) is 17.9. The largest absolute Gasteiger partial charge is 0.496 e. The van der Waals surface area contributed by atoms with Gasteiger partial charge in [0.25, 0.3) is 0 Å². The first-order valence-electron chi connectivity index (χ1n) is 10.1. The van der Waals surface area contributed by atoms with Gasteiger partial charge in [-0.2, -0.15) is 5.10 Å². The molecule has 164 valence electrons. The third kappa shape index (κ3) is 4.16. The fraction of sp³-hybridized carbons (Fsp3) is 0.208. The normalized spacial score (nSPS) is 11.0. The molecule has 1 amide bonds. The molecular formula is C24H22F2N4O2. The number of anilines is 1. The van der Waals surface area contributed by atoms with Crippen LogP contribution in [0, 0.1) is 25.5 Å². The van der Waals surface area contributed by atoms with Gasteiger partial charge in [-0.3, -0.25) is 4.79 Å². The number of amides is 1. The summed E-state index contributed by atoms with van der Waals surface area (Å²) in [6, 6.07) is 12.4. The van der Waals surface area contributed by atoms with Crippen LogP contribution in [0.15, 0.2) is 48.5 Å². The molecule has 0 aliphatic heterocycles. The van der Waals surface area contributed by atoms with Gasteiger partial charge >= 0.3 is 0 Å². The van der Waals surface area contributed by atoms with E-state index < -0.39 is 17.5 Å². The Kier molecular flexibility index (Phi) is 5.85. The van der Waals surface area contributed by atoms with E-state index >= 15 is 0 Å². The Morgan fingerprint density at radius 2 is 1.91 bits per heavy atom. The highest BCUT2D eigenvalue weighted by Crippen LogP contribution is 2.30. The standard InChI is InChI=1S/C24H22F2N4O2/c1-14-17(9-11-24(31)28-21-12-16(25)8-10-19(21)26)15(2)30-23(27-14)13-20(29-30)18-6-4-5-7-22(18)32-3/h4-8,10,12-13H,9,11H2,1-3H3,(H,28,31). The summed E-state index contributed by atoms with van der Waals surface area (Å²) in [6.45, 7) is 3.79. The van der Waals surface area contributed by atoms with Crippen molar-refractivity contribution in [1.82, 2.24) is 14.6 Å².